The maximum atomic E-state index is 13.9. The van der Waals surface area contributed by atoms with E-state index in [1.165, 1.54) is 15.2 Å². The van der Waals surface area contributed by atoms with Crippen molar-refractivity contribution in [2.75, 3.05) is 6.54 Å². The maximum Gasteiger partial charge on any atom is 0.332 e. The quantitative estimate of drug-likeness (QED) is 0.192. The van der Waals surface area contributed by atoms with Gasteiger partial charge in [0, 0.05) is 36.4 Å². The van der Waals surface area contributed by atoms with E-state index in [1.54, 1.807) is 18.3 Å². The molecule has 2 aromatic heterocycles. The molecule has 188 valence electrons. The molecule has 3 rings (SSSR count). The van der Waals surface area contributed by atoms with Crippen LogP contribution in [0.25, 0.3) is 11.2 Å². The Morgan fingerprint density at radius 3 is 2.66 bits per heavy atom. The van der Waals surface area contributed by atoms with Crippen LogP contribution in [0.3, 0.4) is 0 Å². The lowest BCUT2D eigenvalue weighted by Gasteiger charge is -2.11. The van der Waals surface area contributed by atoms with Gasteiger partial charge in [0.15, 0.2) is 11.2 Å². The molecule has 0 unspecified atom stereocenters. The molecule has 7 nitrogen and oxygen atoms in total. The second-order valence-electron chi connectivity index (χ2n) is 8.28. The number of fused-ring (bicyclic) bond motifs is 1. The van der Waals surface area contributed by atoms with E-state index in [0.717, 1.165) is 24.8 Å². The molecule has 1 N–H and O–H groups in total. The summed E-state index contributed by atoms with van der Waals surface area (Å²) in [6.07, 6.45) is 8.08. The lowest BCUT2D eigenvalue weighted by molar-refractivity contribution is 0.527. The normalized spacial score (nSPS) is 12.3. The second kappa shape index (κ2) is 12.8. The van der Waals surface area contributed by atoms with Crippen LogP contribution in [0.1, 0.15) is 51.5 Å². The first kappa shape index (κ1) is 26.9. The Kier molecular flexibility index (Phi) is 9.86. The SMILES string of the molecule is C/C=C(\C=NCCc1c(F)cccc1Cl)CCCn1c(=O)c2[nH]c(Cl)nc2n(CCCCC)c1=O. The Morgan fingerprint density at radius 2 is 1.94 bits per heavy atom. The molecule has 0 aliphatic carbocycles. The number of aryl methyl sites for hydroxylation is 1. The third kappa shape index (κ3) is 6.70. The number of aliphatic imine (C=N–C) groups is 1. The number of benzene rings is 1. The average Bonchev–Trinajstić information content (AvgIpc) is 3.22. The van der Waals surface area contributed by atoms with Gasteiger partial charge in [-0.1, -0.05) is 43.5 Å². The summed E-state index contributed by atoms with van der Waals surface area (Å²) < 4.78 is 16.7. The van der Waals surface area contributed by atoms with E-state index >= 15 is 0 Å². The molecular formula is C25H30Cl2FN5O2. The fraction of sp³-hybridized carbons (Fsp3) is 0.440. The summed E-state index contributed by atoms with van der Waals surface area (Å²) in [5, 5.41) is 0.482. The number of nitrogens with zero attached hydrogens (tertiary/aromatic N) is 4. The number of aromatic nitrogens is 4. The number of imidazole rings is 1. The first-order valence-corrected chi connectivity index (χ1v) is 12.6. The number of rotatable bonds is 12. The summed E-state index contributed by atoms with van der Waals surface area (Å²) in [6.45, 7) is 5.12. The van der Waals surface area contributed by atoms with Gasteiger partial charge in [-0.2, -0.15) is 4.98 Å². The highest BCUT2D eigenvalue weighted by Gasteiger charge is 2.16. The molecule has 0 fully saturated rings. The lowest BCUT2D eigenvalue weighted by Crippen LogP contribution is -2.40. The predicted octanol–water partition coefficient (Wildman–Crippen LogP) is 5.56. The molecule has 35 heavy (non-hydrogen) atoms. The smallest absolute Gasteiger partial charge is 0.323 e. The molecule has 2 heterocycles. The number of halogens is 3. The van der Waals surface area contributed by atoms with Crippen LogP contribution in [-0.4, -0.2) is 31.9 Å². The minimum Gasteiger partial charge on any atom is -0.323 e. The molecule has 1 aromatic carbocycles. The van der Waals surface area contributed by atoms with E-state index in [9.17, 15) is 14.0 Å². The van der Waals surface area contributed by atoms with Gasteiger partial charge in [-0.05, 0) is 61.9 Å². The monoisotopic (exact) mass is 521 g/mol. The van der Waals surface area contributed by atoms with Crippen molar-refractivity contribution in [3.63, 3.8) is 0 Å². The van der Waals surface area contributed by atoms with E-state index in [2.05, 4.69) is 21.9 Å². The third-order valence-electron chi connectivity index (χ3n) is 5.85. The van der Waals surface area contributed by atoms with Gasteiger partial charge in [0.2, 0.25) is 5.28 Å². The number of nitrogens with one attached hydrogen (secondary N) is 1. The van der Waals surface area contributed by atoms with Crippen molar-refractivity contribution in [2.24, 2.45) is 4.99 Å². The highest BCUT2D eigenvalue weighted by Crippen LogP contribution is 2.19. The van der Waals surface area contributed by atoms with Crippen LogP contribution in [0.15, 0.2) is 44.4 Å². The van der Waals surface area contributed by atoms with E-state index in [1.807, 2.05) is 13.0 Å². The minimum absolute atomic E-state index is 0.0857. The zero-order valence-corrected chi connectivity index (χ0v) is 21.5. The van der Waals surface area contributed by atoms with Crippen LogP contribution in [0.4, 0.5) is 4.39 Å². The minimum atomic E-state index is -0.423. The van der Waals surface area contributed by atoms with E-state index < -0.39 is 5.56 Å². The molecule has 0 saturated heterocycles. The number of hydrogen-bond acceptors (Lipinski definition) is 4. The Balaban J connectivity index is 1.66. The van der Waals surface area contributed by atoms with Crippen LogP contribution in [0, 0.1) is 5.82 Å². The van der Waals surface area contributed by atoms with Crippen LogP contribution in [0.5, 0.6) is 0 Å². The van der Waals surface area contributed by atoms with E-state index in [0.29, 0.717) is 48.6 Å². The van der Waals surface area contributed by atoms with Crippen LogP contribution in [0.2, 0.25) is 10.3 Å². The Hall–Kier alpha value is -2.71. The average molecular weight is 522 g/mol. The number of allylic oxidation sites excluding steroid dienone is 2. The molecule has 0 amide bonds. The van der Waals surface area contributed by atoms with E-state index in [4.69, 9.17) is 23.2 Å². The van der Waals surface area contributed by atoms with Crippen LogP contribution < -0.4 is 11.2 Å². The van der Waals surface area contributed by atoms with Gasteiger partial charge in [0.05, 0.1) is 0 Å². The Morgan fingerprint density at radius 1 is 1.17 bits per heavy atom. The van der Waals surface area contributed by atoms with Gasteiger partial charge in [0.25, 0.3) is 5.56 Å². The van der Waals surface area contributed by atoms with Crippen molar-refractivity contribution in [3.05, 3.63) is 72.4 Å². The van der Waals surface area contributed by atoms with Gasteiger partial charge in [-0.25, -0.2) is 9.18 Å². The van der Waals surface area contributed by atoms with Gasteiger partial charge in [0.1, 0.15) is 5.82 Å². The summed E-state index contributed by atoms with van der Waals surface area (Å²) >= 11 is 12.1. The van der Waals surface area contributed by atoms with Crippen molar-refractivity contribution >= 4 is 40.6 Å². The molecule has 0 spiro atoms. The summed E-state index contributed by atoms with van der Waals surface area (Å²) in [5.74, 6) is -0.333. The number of H-pyrrole nitrogens is 1. The molecule has 0 saturated carbocycles. The molecule has 0 aliphatic heterocycles. The third-order valence-corrected chi connectivity index (χ3v) is 6.38. The van der Waals surface area contributed by atoms with Crippen molar-refractivity contribution < 1.29 is 4.39 Å². The maximum absolute atomic E-state index is 13.9. The predicted molar refractivity (Wildman–Crippen MR) is 141 cm³/mol. The fourth-order valence-corrected chi connectivity index (χ4v) is 4.34. The number of hydrogen-bond donors (Lipinski definition) is 1. The summed E-state index contributed by atoms with van der Waals surface area (Å²) in [7, 11) is 0. The highest BCUT2D eigenvalue weighted by molar-refractivity contribution is 6.31. The van der Waals surface area contributed by atoms with Gasteiger partial charge < -0.3 is 4.98 Å². The van der Waals surface area contributed by atoms with Crippen molar-refractivity contribution in [3.8, 4) is 0 Å². The molecule has 3 aromatic rings. The number of aromatic amines is 1. The fourth-order valence-electron chi connectivity index (χ4n) is 3.91. The molecule has 0 atom stereocenters. The first-order valence-electron chi connectivity index (χ1n) is 11.8. The topological polar surface area (TPSA) is 85.0 Å². The summed E-state index contributed by atoms with van der Waals surface area (Å²) in [5.41, 5.74) is 1.16. The van der Waals surface area contributed by atoms with Crippen molar-refractivity contribution in [1.29, 1.82) is 0 Å². The molecule has 10 heteroatoms. The number of unbranched alkanes of at least 4 members (excludes halogenated alkanes) is 2. The zero-order chi connectivity index (χ0) is 25.4. The standard InChI is InChI=1S/C25H30Cl2FN5O2/c1-3-5-6-14-32-22-21(30-24(27)31-22)23(34)33(25(32)35)15-8-9-17(4-2)16-29-13-12-18-19(26)10-7-11-20(18)28/h4,7,10-11,16H,3,5-6,8-9,12-15H2,1-2H3,(H,30,31)/b17-4-,29-16?. The van der Waals surface area contributed by atoms with Gasteiger partial charge >= 0.3 is 5.69 Å². The van der Waals surface area contributed by atoms with Crippen molar-refractivity contribution in [1.82, 2.24) is 19.1 Å². The van der Waals surface area contributed by atoms with Crippen molar-refractivity contribution in [2.45, 2.75) is 65.5 Å². The summed E-state index contributed by atoms with van der Waals surface area (Å²) in [4.78, 5) is 37.4. The zero-order valence-electron chi connectivity index (χ0n) is 20.0. The second-order valence-corrected chi connectivity index (χ2v) is 9.04. The largest absolute Gasteiger partial charge is 0.332 e. The summed E-state index contributed by atoms with van der Waals surface area (Å²) in [6, 6.07) is 4.62. The lowest BCUT2D eigenvalue weighted by atomic mass is 10.1. The highest BCUT2D eigenvalue weighted by atomic mass is 35.5. The van der Waals surface area contributed by atoms with Crippen LogP contribution in [-0.2, 0) is 19.5 Å². The molecule has 0 radical (unpaired) electrons. The van der Waals surface area contributed by atoms with Gasteiger partial charge in [-0.3, -0.25) is 18.9 Å². The van der Waals surface area contributed by atoms with Gasteiger partial charge in [-0.15, -0.1) is 0 Å². The van der Waals surface area contributed by atoms with Crippen LogP contribution >= 0.6 is 23.2 Å². The molecular weight excluding hydrogens is 492 g/mol. The Bertz CT molecular complexity index is 1320. The molecule has 0 aliphatic rings. The first-order chi connectivity index (χ1) is 16.9. The Labute approximate surface area is 213 Å². The van der Waals surface area contributed by atoms with E-state index in [-0.39, 0.29) is 28.9 Å². The molecule has 0 bridgehead atoms.